The van der Waals surface area contributed by atoms with Crippen LogP contribution in [0, 0.1) is 17.3 Å². The molecule has 1 saturated heterocycles. The van der Waals surface area contributed by atoms with Crippen LogP contribution in [-0.2, 0) is 20.8 Å². The predicted octanol–water partition coefficient (Wildman–Crippen LogP) is 3.09. The van der Waals surface area contributed by atoms with Crippen molar-refractivity contribution in [1.82, 2.24) is 4.90 Å². The van der Waals surface area contributed by atoms with Gasteiger partial charge in [-0.1, -0.05) is 31.0 Å². The van der Waals surface area contributed by atoms with Crippen LogP contribution < -0.4 is 4.90 Å². The van der Waals surface area contributed by atoms with E-state index in [1.807, 2.05) is 23.1 Å². The molecule has 1 saturated carbocycles. The zero-order chi connectivity index (χ0) is 20.8. The molecule has 2 amide bonds. The van der Waals surface area contributed by atoms with E-state index in [0.29, 0.717) is 19.4 Å². The minimum Gasteiger partial charge on any atom is -0.481 e. The summed E-state index contributed by atoms with van der Waals surface area (Å²) in [4.78, 5) is 42.1. The van der Waals surface area contributed by atoms with Gasteiger partial charge in [-0.25, -0.2) is 0 Å². The van der Waals surface area contributed by atoms with Crippen LogP contribution in [0.4, 0.5) is 5.69 Å². The molecule has 29 heavy (non-hydrogen) atoms. The third-order valence-electron chi connectivity index (χ3n) is 7.15. The molecule has 2 fully saturated rings. The third-order valence-corrected chi connectivity index (χ3v) is 7.15. The lowest BCUT2D eigenvalue weighted by Crippen LogP contribution is -2.48. The Bertz CT molecular complexity index is 838. The van der Waals surface area contributed by atoms with Crippen molar-refractivity contribution in [2.75, 3.05) is 18.0 Å². The Balaban J connectivity index is 1.55. The van der Waals surface area contributed by atoms with Crippen LogP contribution in [0.25, 0.3) is 0 Å². The Hall–Kier alpha value is -2.37. The second-order valence-electron chi connectivity index (χ2n) is 9.26. The first-order chi connectivity index (χ1) is 13.8. The molecule has 1 aromatic carbocycles. The van der Waals surface area contributed by atoms with E-state index >= 15 is 0 Å². The smallest absolute Gasteiger partial charge is 0.311 e. The van der Waals surface area contributed by atoms with Gasteiger partial charge in [-0.3, -0.25) is 14.4 Å². The van der Waals surface area contributed by atoms with Gasteiger partial charge in [0, 0.05) is 30.7 Å². The highest BCUT2D eigenvalue weighted by atomic mass is 16.4. The zero-order valence-electron chi connectivity index (χ0n) is 17.3. The molecule has 1 aliphatic carbocycles. The van der Waals surface area contributed by atoms with E-state index in [2.05, 4.69) is 13.0 Å². The number of aliphatic carboxylic acids is 1. The summed E-state index contributed by atoms with van der Waals surface area (Å²) >= 11 is 0. The number of amides is 2. The van der Waals surface area contributed by atoms with Gasteiger partial charge in [0.25, 0.3) is 0 Å². The molecule has 156 valence electrons. The zero-order valence-corrected chi connectivity index (χ0v) is 17.3. The molecule has 2 aliphatic heterocycles. The molecule has 0 spiro atoms. The van der Waals surface area contributed by atoms with Gasteiger partial charge >= 0.3 is 5.97 Å². The van der Waals surface area contributed by atoms with Gasteiger partial charge in [0.05, 0.1) is 11.3 Å². The summed E-state index contributed by atoms with van der Waals surface area (Å²) in [5.74, 6) is -1.49. The maximum atomic E-state index is 13.6. The maximum absolute atomic E-state index is 13.6. The van der Waals surface area contributed by atoms with Crippen LogP contribution in [0.2, 0.25) is 0 Å². The Morgan fingerprint density at radius 1 is 1.07 bits per heavy atom. The average molecular weight is 399 g/mol. The molecule has 6 heteroatoms. The van der Waals surface area contributed by atoms with Gasteiger partial charge < -0.3 is 14.9 Å². The van der Waals surface area contributed by atoms with E-state index in [0.717, 1.165) is 31.4 Å². The van der Waals surface area contributed by atoms with E-state index in [-0.39, 0.29) is 36.2 Å². The summed E-state index contributed by atoms with van der Waals surface area (Å²) in [5, 5.41) is 9.49. The summed E-state index contributed by atoms with van der Waals surface area (Å²) < 4.78 is 0. The van der Waals surface area contributed by atoms with Crippen LogP contribution in [0.3, 0.4) is 0 Å². The molecular weight excluding hydrogens is 368 g/mol. The van der Waals surface area contributed by atoms with Crippen LogP contribution in [0.5, 0.6) is 0 Å². The number of para-hydroxylation sites is 1. The highest BCUT2D eigenvalue weighted by Gasteiger charge is 2.47. The van der Waals surface area contributed by atoms with Crippen molar-refractivity contribution in [3.8, 4) is 0 Å². The first kappa shape index (κ1) is 19.9. The summed E-state index contributed by atoms with van der Waals surface area (Å²) in [6, 6.07) is 8.12. The Morgan fingerprint density at radius 2 is 1.72 bits per heavy atom. The molecule has 4 rings (SSSR count). The third kappa shape index (κ3) is 3.43. The van der Waals surface area contributed by atoms with Crippen molar-refractivity contribution in [2.45, 2.75) is 58.4 Å². The molecular formula is C23H30N2O4. The fourth-order valence-corrected chi connectivity index (χ4v) is 5.36. The molecule has 4 atom stereocenters. The van der Waals surface area contributed by atoms with E-state index in [1.165, 1.54) is 5.56 Å². The lowest BCUT2D eigenvalue weighted by molar-refractivity contribution is -0.148. The van der Waals surface area contributed by atoms with Crippen LogP contribution in [-0.4, -0.2) is 46.9 Å². The molecule has 4 unspecified atom stereocenters. The second-order valence-corrected chi connectivity index (χ2v) is 9.26. The number of carboxylic acid groups (broad SMARTS) is 1. The number of carbonyl (C=O) groups is 3. The van der Waals surface area contributed by atoms with Gasteiger partial charge in [0.2, 0.25) is 11.8 Å². The van der Waals surface area contributed by atoms with Gasteiger partial charge in [-0.05, 0) is 51.2 Å². The number of carboxylic acids is 1. The molecule has 1 aromatic rings. The molecule has 2 heterocycles. The Morgan fingerprint density at radius 3 is 2.38 bits per heavy atom. The average Bonchev–Trinajstić information content (AvgIpc) is 3.27. The van der Waals surface area contributed by atoms with E-state index in [1.54, 1.807) is 11.8 Å². The number of likely N-dealkylation sites (tertiary alicyclic amines) is 1. The largest absolute Gasteiger partial charge is 0.481 e. The summed E-state index contributed by atoms with van der Waals surface area (Å²) in [7, 11) is 0. The highest BCUT2D eigenvalue weighted by Crippen LogP contribution is 2.40. The fraction of sp³-hybridized carbons (Fsp3) is 0.609. The quantitative estimate of drug-likeness (QED) is 0.849. The molecule has 0 bridgehead atoms. The minimum atomic E-state index is -0.883. The van der Waals surface area contributed by atoms with Gasteiger partial charge in [-0.2, -0.15) is 0 Å². The fourth-order valence-electron chi connectivity index (χ4n) is 5.36. The van der Waals surface area contributed by atoms with Gasteiger partial charge in [0.15, 0.2) is 0 Å². The van der Waals surface area contributed by atoms with Crippen molar-refractivity contribution in [2.24, 2.45) is 17.3 Å². The van der Waals surface area contributed by atoms with Gasteiger partial charge in [0.1, 0.15) is 0 Å². The van der Waals surface area contributed by atoms with Crippen molar-refractivity contribution in [1.29, 1.82) is 0 Å². The molecule has 0 aromatic heterocycles. The molecule has 6 nitrogen and oxygen atoms in total. The lowest BCUT2D eigenvalue weighted by Gasteiger charge is -2.36. The van der Waals surface area contributed by atoms with Crippen molar-refractivity contribution in [3.05, 3.63) is 29.8 Å². The van der Waals surface area contributed by atoms with E-state index in [9.17, 15) is 19.5 Å². The summed E-state index contributed by atoms with van der Waals surface area (Å²) in [6.45, 7) is 4.47. The van der Waals surface area contributed by atoms with E-state index < -0.39 is 11.4 Å². The highest BCUT2D eigenvalue weighted by molar-refractivity contribution is 6.00. The van der Waals surface area contributed by atoms with Crippen LogP contribution in [0.15, 0.2) is 24.3 Å². The molecule has 1 N–H and O–H groups in total. The number of benzene rings is 1. The van der Waals surface area contributed by atoms with Crippen molar-refractivity contribution < 1.29 is 19.5 Å². The number of rotatable bonds is 3. The van der Waals surface area contributed by atoms with Crippen molar-refractivity contribution >= 4 is 23.5 Å². The summed E-state index contributed by atoms with van der Waals surface area (Å²) in [5.41, 5.74) is 1.27. The summed E-state index contributed by atoms with van der Waals surface area (Å²) in [6.07, 6.45) is 4.64. The number of anilines is 1. The topological polar surface area (TPSA) is 77.9 Å². The number of fused-ring (bicyclic) bond motifs is 1. The van der Waals surface area contributed by atoms with Crippen LogP contribution in [0.1, 0.15) is 51.5 Å². The number of carbonyl (C=O) groups excluding carboxylic acids is 2. The Labute approximate surface area is 171 Å². The molecule has 0 radical (unpaired) electrons. The maximum Gasteiger partial charge on any atom is 0.311 e. The van der Waals surface area contributed by atoms with E-state index in [4.69, 9.17) is 0 Å². The standard InChI is InChI=1S/C23H30N2O4/c1-15-13-16-7-3-6-10-19(16)25(15)21(27)18-9-5-4-8-17(18)20(26)24-12-11-23(2,14-24)22(28)29/h3,6-7,10,15,17-18H,4-5,8-9,11-14H2,1-2H3,(H,28,29). The Kier molecular flexibility index (Phi) is 5.13. The first-order valence-corrected chi connectivity index (χ1v) is 10.7. The van der Waals surface area contributed by atoms with Crippen molar-refractivity contribution in [3.63, 3.8) is 0 Å². The lowest BCUT2D eigenvalue weighted by atomic mass is 9.77. The predicted molar refractivity (Wildman–Crippen MR) is 109 cm³/mol. The second kappa shape index (κ2) is 7.47. The first-order valence-electron chi connectivity index (χ1n) is 10.7. The number of nitrogens with zero attached hydrogens (tertiary/aromatic N) is 2. The SMILES string of the molecule is CC1Cc2ccccc2N1C(=O)C1CCCCC1C(=O)N1CCC(C)(C(=O)O)C1. The monoisotopic (exact) mass is 398 g/mol. The molecule has 3 aliphatic rings. The normalized spacial score (nSPS) is 31.6. The number of hydrogen-bond donors (Lipinski definition) is 1. The van der Waals surface area contributed by atoms with Crippen LogP contribution >= 0.6 is 0 Å². The van der Waals surface area contributed by atoms with Gasteiger partial charge in [-0.15, -0.1) is 0 Å². The number of hydrogen-bond acceptors (Lipinski definition) is 3. The minimum absolute atomic E-state index is 0.0341.